The average Bonchev–Trinajstić information content (AvgIpc) is 3.20. The minimum atomic E-state index is -0.248. The predicted molar refractivity (Wildman–Crippen MR) is 72.0 cm³/mol. The fourth-order valence-electron chi connectivity index (χ4n) is 2.04. The van der Waals surface area contributed by atoms with E-state index in [1.165, 1.54) is 18.9 Å². The highest BCUT2D eigenvalue weighted by molar-refractivity contribution is 5.59. The number of benzene rings is 1. The Morgan fingerprint density at radius 2 is 2.05 bits per heavy atom. The molecule has 1 N–H and O–H groups in total. The Hall–Kier alpha value is -1.81. The fraction of sp³-hybridized carbons (Fsp3) is 0.333. The normalized spacial score (nSPS) is 14.6. The van der Waals surface area contributed by atoms with E-state index in [2.05, 4.69) is 15.3 Å². The van der Waals surface area contributed by atoms with Crippen molar-refractivity contribution in [3.8, 4) is 11.3 Å². The number of nitrogens with one attached hydrogen (secondary N) is 1. The van der Waals surface area contributed by atoms with Crippen LogP contribution in [0.15, 0.2) is 30.3 Å². The minimum Gasteiger partial charge on any atom is -0.307 e. The van der Waals surface area contributed by atoms with Crippen LogP contribution in [0.5, 0.6) is 0 Å². The molecule has 0 saturated heterocycles. The summed E-state index contributed by atoms with van der Waals surface area (Å²) in [5.74, 6) is 0.479. The maximum Gasteiger partial charge on any atom is 0.143 e. The first-order chi connectivity index (χ1) is 9.22. The second kappa shape index (κ2) is 5.05. The Morgan fingerprint density at radius 1 is 1.26 bits per heavy atom. The van der Waals surface area contributed by atoms with Crippen molar-refractivity contribution in [3.05, 3.63) is 47.7 Å². The smallest absolute Gasteiger partial charge is 0.143 e. The summed E-state index contributed by atoms with van der Waals surface area (Å²) in [5, 5.41) is 3.37. The van der Waals surface area contributed by atoms with Crippen molar-refractivity contribution in [2.24, 2.45) is 0 Å². The average molecular weight is 257 g/mol. The Morgan fingerprint density at radius 3 is 2.79 bits per heavy atom. The van der Waals surface area contributed by atoms with Crippen LogP contribution in [0.1, 0.15) is 24.4 Å². The van der Waals surface area contributed by atoms with Crippen LogP contribution < -0.4 is 5.32 Å². The van der Waals surface area contributed by atoms with Crippen molar-refractivity contribution in [3.63, 3.8) is 0 Å². The summed E-state index contributed by atoms with van der Waals surface area (Å²) in [6.45, 7) is 2.56. The molecule has 19 heavy (non-hydrogen) atoms. The molecule has 1 aliphatic rings. The third kappa shape index (κ3) is 2.96. The molecule has 4 heteroatoms. The molecule has 1 aliphatic carbocycles. The number of hydrogen-bond donors (Lipinski definition) is 1. The maximum absolute atomic E-state index is 13.8. The quantitative estimate of drug-likeness (QED) is 0.915. The van der Waals surface area contributed by atoms with Gasteiger partial charge in [0.05, 0.1) is 12.2 Å². The van der Waals surface area contributed by atoms with Gasteiger partial charge in [0.2, 0.25) is 0 Å². The van der Waals surface area contributed by atoms with Crippen molar-refractivity contribution in [2.45, 2.75) is 32.4 Å². The van der Waals surface area contributed by atoms with Gasteiger partial charge in [-0.3, -0.25) is 0 Å². The lowest BCUT2D eigenvalue weighted by atomic mass is 10.1. The van der Waals surface area contributed by atoms with Crippen LogP contribution in [-0.4, -0.2) is 16.0 Å². The van der Waals surface area contributed by atoms with Crippen LogP contribution in [0.4, 0.5) is 4.39 Å². The topological polar surface area (TPSA) is 37.8 Å². The van der Waals surface area contributed by atoms with Crippen LogP contribution in [-0.2, 0) is 6.54 Å². The van der Waals surface area contributed by atoms with Gasteiger partial charge in [-0.25, -0.2) is 14.4 Å². The standard InChI is InChI=1S/C15H16FN3/c1-10-8-14(12-4-2-3-5-13(12)16)19-15(18-10)9-17-11-6-7-11/h2-5,8,11,17H,6-7,9H2,1H3. The largest absolute Gasteiger partial charge is 0.307 e. The molecule has 0 atom stereocenters. The van der Waals surface area contributed by atoms with Gasteiger partial charge in [0.1, 0.15) is 11.6 Å². The highest BCUT2D eigenvalue weighted by Crippen LogP contribution is 2.22. The molecule has 3 nitrogen and oxygen atoms in total. The summed E-state index contributed by atoms with van der Waals surface area (Å²) in [5.41, 5.74) is 2.04. The van der Waals surface area contributed by atoms with E-state index in [-0.39, 0.29) is 5.82 Å². The molecular formula is C15H16FN3. The van der Waals surface area contributed by atoms with Crippen molar-refractivity contribution in [1.29, 1.82) is 0 Å². The second-order valence-electron chi connectivity index (χ2n) is 4.95. The molecule has 0 aliphatic heterocycles. The predicted octanol–water partition coefficient (Wildman–Crippen LogP) is 2.84. The van der Waals surface area contributed by atoms with Crippen LogP contribution >= 0.6 is 0 Å². The zero-order chi connectivity index (χ0) is 13.2. The van der Waals surface area contributed by atoms with Crippen LogP contribution in [0.25, 0.3) is 11.3 Å². The van der Waals surface area contributed by atoms with Crippen molar-refractivity contribution >= 4 is 0 Å². The molecule has 1 fully saturated rings. The van der Waals surface area contributed by atoms with Crippen LogP contribution in [0.3, 0.4) is 0 Å². The van der Waals surface area contributed by atoms with Gasteiger partial charge >= 0.3 is 0 Å². The van der Waals surface area contributed by atoms with Gasteiger partial charge in [0.15, 0.2) is 0 Å². The minimum absolute atomic E-state index is 0.248. The Labute approximate surface area is 111 Å². The molecule has 1 aromatic carbocycles. The fourth-order valence-corrected chi connectivity index (χ4v) is 2.04. The van der Waals surface area contributed by atoms with Crippen LogP contribution in [0.2, 0.25) is 0 Å². The molecule has 3 rings (SSSR count). The van der Waals surface area contributed by atoms with E-state index < -0.39 is 0 Å². The molecule has 0 radical (unpaired) electrons. The Bertz CT molecular complexity index is 594. The van der Waals surface area contributed by atoms with Gasteiger partial charge < -0.3 is 5.32 Å². The van der Waals surface area contributed by atoms with Crippen LogP contribution in [0, 0.1) is 12.7 Å². The first kappa shape index (κ1) is 12.2. The Kier molecular flexibility index (Phi) is 3.25. The van der Waals surface area contributed by atoms with E-state index in [1.54, 1.807) is 12.1 Å². The Balaban J connectivity index is 1.90. The SMILES string of the molecule is Cc1cc(-c2ccccc2F)nc(CNC2CC2)n1. The summed E-state index contributed by atoms with van der Waals surface area (Å²) in [6, 6.07) is 9.13. The summed E-state index contributed by atoms with van der Waals surface area (Å²) < 4.78 is 13.8. The highest BCUT2D eigenvalue weighted by Gasteiger charge is 2.20. The number of nitrogens with zero attached hydrogens (tertiary/aromatic N) is 2. The first-order valence-electron chi connectivity index (χ1n) is 6.55. The van der Waals surface area contributed by atoms with Crippen molar-refractivity contribution < 1.29 is 4.39 Å². The van der Waals surface area contributed by atoms with E-state index in [0.29, 0.717) is 23.8 Å². The first-order valence-corrected chi connectivity index (χ1v) is 6.55. The molecule has 1 saturated carbocycles. The molecule has 1 aromatic heterocycles. The molecule has 98 valence electrons. The maximum atomic E-state index is 13.8. The molecule has 0 bridgehead atoms. The van der Waals surface area contributed by atoms with Gasteiger partial charge in [-0.2, -0.15) is 0 Å². The van der Waals surface area contributed by atoms with Gasteiger partial charge in [0, 0.05) is 17.3 Å². The summed E-state index contributed by atoms with van der Waals surface area (Å²) in [6.07, 6.45) is 2.46. The zero-order valence-corrected chi connectivity index (χ0v) is 10.9. The third-order valence-corrected chi connectivity index (χ3v) is 3.18. The molecule has 0 amide bonds. The lowest BCUT2D eigenvalue weighted by molar-refractivity contribution is 0.629. The van der Waals surface area contributed by atoms with Crippen molar-refractivity contribution in [1.82, 2.24) is 15.3 Å². The highest BCUT2D eigenvalue weighted by atomic mass is 19.1. The van der Waals surface area contributed by atoms with Gasteiger partial charge in [-0.15, -0.1) is 0 Å². The third-order valence-electron chi connectivity index (χ3n) is 3.18. The zero-order valence-electron chi connectivity index (χ0n) is 10.9. The van der Waals surface area contributed by atoms with Gasteiger partial charge in [-0.05, 0) is 38.0 Å². The number of aromatic nitrogens is 2. The van der Waals surface area contributed by atoms with Gasteiger partial charge in [0.25, 0.3) is 0 Å². The van der Waals surface area contributed by atoms with E-state index in [4.69, 9.17) is 0 Å². The molecule has 0 spiro atoms. The molecular weight excluding hydrogens is 241 g/mol. The second-order valence-corrected chi connectivity index (χ2v) is 4.95. The lowest BCUT2D eigenvalue weighted by Crippen LogP contribution is -2.17. The number of halogens is 1. The van der Waals surface area contributed by atoms with E-state index in [1.807, 2.05) is 19.1 Å². The van der Waals surface area contributed by atoms with Crippen molar-refractivity contribution in [2.75, 3.05) is 0 Å². The lowest BCUT2D eigenvalue weighted by Gasteiger charge is -2.07. The van der Waals surface area contributed by atoms with E-state index in [0.717, 1.165) is 11.5 Å². The summed E-state index contributed by atoms with van der Waals surface area (Å²) in [4.78, 5) is 8.84. The molecule has 1 heterocycles. The number of rotatable bonds is 4. The number of aryl methyl sites for hydroxylation is 1. The molecule has 2 aromatic rings. The molecule has 0 unspecified atom stereocenters. The summed E-state index contributed by atoms with van der Waals surface area (Å²) >= 11 is 0. The number of hydrogen-bond acceptors (Lipinski definition) is 3. The monoisotopic (exact) mass is 257 g/mol. The van der Waals surface area contributed by atoms with E-state index in [9.17, 15) is 4.39 Å². The summed E-state index contributed by atoms with van der Waals surface area (Å²) in [7, 11) is 0. The van der Waals surface area contributed by atoms with E-state index >= 15 is 0 Å². The van der Waals surface area contributed by atoms with Gasteiger partial charge in [-0.1, -0.05) is 12.1 Å².